The number of halogens is 6. The highest BCUT2D eigenvalue weighted by atomic mass is 19.4. The molecule has 16 heteroatoms. The lowest BCUT2D eigenvalue weighted by molar-refractivity contribution is -0.193. The number of rotatable bonds is 6. The van der Waals surface area contributed by atoms with Crippen LogP contribution >= 0.6 is 0 Å². The Morgan fingerprint density at radius 3 is 2.23 bits per heavy atom. The second-order valence-electron chi connectivity index (χ2n) is 8.74. The average Bonchev–Trinajstić information content (AvgIpc) is 3.31. The van der Waals surface area contributed by atoms with Crippen molar-refractivity contribution in [2.45, 2.75) is 44.7 Å². The molecule has 3 aromatic rings. The zero-order valence-corrected chi connectivity index (χ0v) is 20.9. The molecule has 3 heterocycles. The SMILES string of the molecule is O=C(O)C(F)(F)F.O=C(O)C(F)(F)F.OCCc1cn(CC2CCCN(Cc3ccnc4ccccc34)C2)nn1. The minimum atomic E-state index is -5.08. The molecule has 0 spiro atoms. The molecule has 0 saturated carbocycles. The molecule has 40 heavy (non-hydrogen) atoms. The third kappa shape index (κ3) is 10.8. The number of aromatic nitrogens is 4. The van der Waals surface area contributed by atoms with Crippen LogP contribution in [0, 0.1) is 5.92 Å². The van der Waals surface area contributed by atoms with Crippen molar-refractivity contribution in [1.29, 1.82) is 0 Å². The van der Waals surface area contributed by atoms with Gasteiger partial charge in [-0.1, -0.05) is 23.4 Å². The molecule has 1 fully saturated rings. The van der Waals surface area contributed by atoms with Gasteiger partial charge in [0.25, 0.3) is 0 Å². The summed E-state index contributed by atoms with van der Waals surface area (Å²) in [6.45, 7) is 4.20. The number of aliphatic hydroxyl groups is 1. The molecule has 3 N–H and O–H groups in total. The van der Waals surface area contributed by atoms with Gasteiger partial charge in [0.1, 0.15) is 0 Å². The van der Waals surface area contributed by atoms with Crippen molar-refractivity contribution in [3.8, 4) is 0 Å². The van der Waals surface area contributed by atoms with Gasteiger partial charge in [0, 0.05) is 50.4 Å². The molecule has 4 rings (SSSR count). The molecule has 1 saturated heterocycles. The van der Waals surface area contributed by atoms with Crippen LogP contribution in [0.25, 0.3) is 10.9 Å². The summed E-state index contributed by atoms with van der Waals surface area (Å²) < 4.78 is 65.4. The molecule has 0 amide bonds. The molecule has 0 aliphatic carbocycles. The van der Waals surface area contributed by atoms with Crippen LogP contribution in [-0.4, -0.2) is 84.2 Å². The fourth-order valence-corrected chi connectivity index (χ4v) is 3.90. The molecule has 0 radical (unpaired) electrons. The highest BCUT2D eigenvalue weighted by molar-refractivity contribution is 5.81. The maximum atomic E-state index is 10.6. The van der Waals surface area contributed by atoms with Crippen LogP contribution in [0.4, 0.5) is 26.3 Å². The first-order chi connectivity index (χ1) is 18.7. The molecule has 10 nitrogen and oxygen atoms in total. The Bertz CT molecular complexity index is 1220. The van der Waals surface area contributed by atoms with Gasteiger partial charge in [-0.3, -0.25) is 14.6 Å². The van der Waals surface area contributed by atoms with Gasteiger partial charge in [0.2, 0.25) is 0 Å². The highest BCUT2D eigenvalue weighted by Crippen LogP contribution is 2.23. The number of nitrogens with zero attached hydrogens (tertiary/aromatic N) is 5. The number of hydrogen-bond acceptors (Lipinski definition) is 7. The summed E-state index contributed by atoms with van der Waals surface area (Å²) in [7, 11) is 0. The van der Waals surface area contributed by atoms with E-state index in [4.69, 9.17) is 24.9 Å². The fourth-order valence-electron chi connectivity index (χ4n) is 3.90. The van der Waals surface area contributed by atoms with E-state index in [1.54, 1.807) is 0 Å². The van der Waals surface area contributed by atoms with Gasteiger partial charge in [0.15, 0.2) is 0 Å². The van der Waals surface area contributed by atoms with E-state index in [9.17, 15) is 26.3 Å². The molecule has 1 unspecified atom stereocenters. The van der Waals surface area contributed by atoms with E-state index >= 15 is 0 Å². The number of carbonyl (C=O) groups is 2. The first kappa shape index (κ1) is 32.4. The van der Waals surface area contributed by atoms with E-state index in [1.807, 2.05) is 23.1 Å². The number of pyridine rings is 1. The average molecular weight is 579 g/mol. The fraction of sp³-hybridized carbons (Fsp3) is 0.458. The lowest BCUT2D eigenvalue weighted by atomic mass is 9.97. The molecular formula is C24H27F6N5O5. The van der Waals surface area contributed by atoms with Gasteiger partial charge in [-0.05, 0) is 43.0 Å². The number of fused-ring (bicyclic) bond motifs is 1. The van der Waals surface area contributed by atoms with Gasteiger partial charge >= 0.3 is 24.3 Å². The number of piperidine rings is 1. The Kier molecular flexibility index (Phi) is 11.8. The minimum absolute atomic E-state index is 0.121. The van der Waals surface area contributed by atoms with Crippen molar-refractivity contribution in [3.05, 3.63) is 54.0 Å². The number of likely N-dealkylation sites (tertiary alicyclic amines) is 1. The molecular weight excluding hydrogens is 552 g/mol. The van der Waals surface area contributed by atoms with Crippen molar-refractivity contribution < 1.29 is 51.3 Å². The molecule has 1 atom stereocenters. The Morgan fingerprint density at radius 2 is 1.62 bits per heavy atom. The van der Waals surface area contributed by atoms with Gasteiger partial charge in [-0.2, -0.15) is 26.3 Å². The van der Waals surface area contributed by atoms with E-state index in [-0.39, 0.29) is 6.61 Å². The molecule has 2 aromatic heterocycles. The number of carboxylic acid groups (broad SMARTS) is 2. The number of aliphatic hydroxyl groups excluding tert-OH is 1. The summed E-state index contributed by atoms with van der Waals surface area (Å²) in [5.41, 5.74) is 3.28. The van der Waals surface area contributed by atoms with Crippen LogP contribution in [-0.2, 0) is 29.1 Å². The summed E-state index contributed by atoms with van der Waals surface area (Å²) in [4.78, 5) is 24.8. The maximum Gasteiger partial charge on any atom is 0.490 e. The van der Waals surface area contributed by atoms with Crippen molar-refractivity contribution in [3.63, 3.8) is 0 Å². The van der Waals surface area contributed by atoms with Crippen LogP contribution in [0.5, 0.6) is 0 Å². The normalized spacial score (nSPS) is 15.9. The first-order valence-corrected chi connectivity index (χ1v) is 11.9. The summed E-state index contributed by atoms with van der Waals surface area (Å²) in [5, 5.41) is 32.8. The predicted molar refractivity (Wildman–Crippen MR) is 128 cm³/mol. The van der Waals surface area contributed by atoms with E-state index < -0.39 is 24.3 Å². The number of para-hydroxylation sites is 1. The van der Waals surface area contributed by atoms with Crippen molar-refractivity contribution >= 4 is 22.8 Å². The van der Waals surface area contributed by atoms with Gasteiger partial charge in [-0.15, -0.1) is 5.10 Å². The molecule has 220 valence electrons. The summed E-state index contributed by atoms with van der Waals surface area (Å²) in [5.74, 6) is -4.93. The Hall–Kier alpha value is -3.79. The molecule has 0 bridgehead atoms. The van der Waals surface area contributed by atoms with E-state index in [1.165, 1.54) is 23.8 Å². The number of hydrogen-bond donors (Lipinski definition) is 3. The van der Waals surface area contributed by atoms with Crippen molar-refractivity contribution in [1.82, 2.24) is 24.9 Å². The van der Waals surface area contributed by atoms with E-state index in [0.29, 0.717) is 12.3 Å². The van der Waals surface area contributed by atoms with Crippen LogP contribution < -0.4 is 0 Å². The predicted octanol–water partition coefficient (Wildman–Crippen LogP) is 3.54. The van der Waals surface area contributed by atoms with Gasteiger partial charge < -0.3 is 15.3 Å². The first-order valence-electron chi connectivity index (χ1n) is 11.9. The standard InChI is InChI=1S/C20H25N5O.2C2HF3O2/c26-11-8-18-15-25(23-22-18)13-16-4-3-10-24(12-16)14-17-7-9-21-20-6-2-1-5-19(17)20;2*3-2(4,5)1(6)7/h1-2,5-7,9,15-16,26H,3-4,8,10-14H2;2*(H,6,7). The molecule has 1 aliphatic heterocycles. The van der Waals surface area contributed by atoms with E-state index in [2.05, 4.69) is 44.5 Å². The van der Waals surface area contributed by atoms with Crippen LogP contribution in [0.1, 0.15) is 24.1 Å². The highest BCUT2D eigenvalue weighted by Gasteiger charge is 2.38. The topological polar surface area (TPSA) is 142 Å². The van der Waals surface area contributed by atoms with Crippen LogP contribution in [0.15, 0.2) is 42.7 Å². The molecule has 1 aliphatic rings. The lowest BCUT2D eigenvalue weighted by Crippen LogP contribution is -2.36. The largest absolute Gasteiger partial charge is 0.490 e. The number of carboxylic acids is 2. The second kappa shape index (κ2) is 14.6. The third-order valence-corrected chi connectivity index (χ3v) is 5.62. The van der Waals surface area contributed by atoms with Crippen LogP contribution in [0.2, 0.25) is 0 Å². The lowest BCUT2D eigenvalue weighted by Gasteiger charge is -2.32. The third-order valence-electron chi connectivity index (χ3n) is 5.62. The maximum absolute atomic E-state index is 10.6. The summed E-state index contributed by atoms with van der Waals surface area (Å²) in [6.07, 6.45) is -3.27. The van der Waals surface area contributed by atoms with Gasteiger partial charge in [0.05, 0.1) is 11.2 Å². The number of aliphatic carboxylic acids is 2. The second-order valence-corrected chi connectivity index (χ2v) is 8.74. The van der Waals surface area contributed by atoms with Crippen LogP contribution in [0.3, 0.4) is 0 Å². The smallest absolute Gasteiger partial charge is 0.475 e. The Morgan fingerprint density at radius 1 is 1.00 bits per heavy atom. The molecule has 1 aromatic carbocycles. The van der Waals surface area contributed by atoms with Crippen molar-refractivity contribution in [2.75, 3.05) is 19.7 Å². The summed E-state index contributed by atoms with van der Waals surface area (Å²) in [6, 6.07) is 10.5. The minimum Gasteiger partial charge on any atom is -0.475 e. The number of benzene rings is 1. The zero-order valence-electron chi connectivity index (χ0n) is 20.9. The summed E-state index contributed by atoms with van der Waals surface area (Å²) >= 11 is 0. The van der Waals surface area contributed by atoms with E-state index in [0.717, 1.165) is 37.4 Å². The van der Waals surface area contributed by atoms with Gasteiger partial charge in [-0.25, -0.2) is 9.59 Å². The number of alkyl halides is 6. The zero-order chi connectivity index (χ0) is 29.9. The Labute approximate surface area is 223 Å². The van der Waals surface area contributed by atoms with Crippen molar-refractivity contribution in [2.24, 2.45) is 5.92 Å². The monoisotopic (exact) mass is 579 g/mol. The Balaban J connectivity index is 0.000000333. The quantitative estimate of drug-likeness (QED) is 0.374.